The van der Waals surface area contributed by atoms with Gasteiger partial charge in [-0.2, -0.15) is 0 Å². The molecule has 4 heteroatoms. The summed E-state index contributed by atoms with van der Waals surface area (Å²) in [4.78, 5) is 15.7. The molecule has 0 radical (unpaired) electrons. The van der Waals surface area contributed by atoms with Crippen molar-refractivity contribution in [3.63, 3.8) is 0 Å². The minimum atomic E-state index is -0.0234. The lowest BCUT2D eigenvalue weighted by Gasteiger charge is -2.38. The first-order valence-electron chi connectivity index (χ1n) is 7.65. The van der Waals surface area contributed by atoms with Gasteiger partial charge in [-0.15, -0.1) is 0 Å². The third-order valence-electron chi connectivity index (χ3n) is 4.70. The molecule has 2 aromatic rings. The fourth-order valence-electron chi connectivity index (χ4n) is 3.27. The van der Waals surface area contributed by atoms with E-state index in [1.165, 1.54) is 19.3 Å². The number of hydrogen-bond donors (Lipinski definition) is 3. The van der Waals surface area contributed by atoms with Gasteiger partial charge in [0.2, 0.25) is 0 Å². The van der Waals surface area contributed by atoms with Crippen molar-refractivity contribution in [1.29, 1.82) is 0 Å². The molecule has 1 atom stereocenters. The Hall–Kier alpha value is -1.97. The molecule has 0 bridgehead atoms. The minimum absolute atomic E-state index is 0.0234. The molecule has 0 saturated heterocycles. The van der Waals surface area contributed by atoms with Crippen molar-refractivity contribution in [1.82, 2.24) is 10.3 Å². The van der Waals surface area contributed by atoms with E-state index in [0.717, 1.165) is 17.3 Å². The molecule has 1 fully saturated rings. The molecule has 4 nitrogen and oxygen atoms in total. The summed E-state index contributed by atoms with van der Waals surface area (Å²) in [7, 11) is 0. The molecule has 1 amide bonds. The van der Waals surface area contributed by atoms with Crippen LogP contribution in [0, 0.1) is 5.41 Å². The largest absolute Gasteiger partial charge is 0.399 e. The van der Waals surface area contributed by atoms with Gasteiger partial charge in [-0.3, -0.25) is 4.79 Å². The van der Waals surface area contributed by atoms with Crippen molar-refractivity contribution < 1.29 is 4.79 Å². The van der Waals surface area contributed by atoms with E-state index in [1.54, 1.807) is 0 Å². The number of carbonyl (C=O) groups is 1. The smallest absolute Gasteiger partial charge is 0.267 e. The number of amides is 1. The Kier molecular flexibility index (Phi) is 3.40. The molecule has 1 aromatic heterocycles. The Morgan fingerprint density at radius 2 is 2.14 bits per heavy atom. The number of nitrogen functional groups attached to an aromatic ring is 1. The van der Waals surface area contributed by atoms with Crippen LogP contribution >= 0.6 is 0 Å². The molecule has 1 aromatic carbocycles. The highest BCUT2D eigenvalue weighted by Crippen LogP contribution is 2.35. The van der Waals surface area contributed by atoms with Crippen LogP contribution in [0.25, 0.3) is 10.9 Å². The SMILES string of the molecule is CC1(C)CCCCC1NC(=O)c1cc2cc(N)ccc2[nH]1. The van der Waals surface area contributed by atoms with Crippen LogP contribution in [-0.4, -0.2) is 16.9 Å². The minimum Gasteiger partial charge on any atom is -0.399 e. The van der Waals surface area contributed by atoms with Crippen LogP contribution in [0.2, 0.25) is 0 Å². The third kappa shape index (κ3) is 2.75. The Bertz CT molecular complexity index is 672. The van der Waals surface area contributed by atoms with Gasteiger partial charge >= 0.3 is 0 Å². The number of carbonyl (C=O) groups excluding carboxylic acids is 1. The van der Waals surface area contributed by atoms with E-state index in [-0.39, 0.29) is 17.4 Å². The summed E-state index contributed by atoms with van der Waals surface area (Å²) in [5, 5.41) is 4.17. The standard InChI is InChI=1S/C17H23N3O/c1-17(2)8-4-3-5-15(17)20-16(21)14-10-11-9-12(18)6-7-13(11)19-14/h6-7,9-10,15,19H,3-5,8,18H2,1-2H3,(H,20,21). The molecule has 4 N–H and O–H groups in total. The van der Waals surface area contributed by atoms with Crippen LogP contribution in [0.5, 0.6) is 0 Å². The first-order chi connectivity index (χ1) is 9.95. The molecule has 3 rings (SSSR count). The number of aromatic amines is 1. The summed E-state index contributed by atoms with van der Waals surface area (Å²) >= 11 is 0. The van der Waals surface area contributed by atoms with Gasteiger partial charge in [0, 0.05) is 22.6 Å². The van der Waals surface area contributed by atoms with Gasteiger partial charge in [0.15, 0.2) is 0 Å². The second-order valence-corrected chi connectivity index (χ2v) is 6.79. The Morgan fingerprint density at radius 3 is 2.90 bits per heavy atom. The first-order valence-corrected chi connectivity index (χ1v) is 7.65. The second kappa shape index (κ2) is 5.10. The van der Waals surface area contributed by atoms with Crippen LogP contribution in [-0.2, 0) is 0 Å². The molecule has 1 saturated carbocycles. The van der Waals surface area contributed by atoms with E-state index in [0.29, 0.717) is 11.4 Å². The van der Waals surface area contributed by atoms with Crippen LogP contribution < -0.4 is 11.1 Å². The van der Waals surface area contributed by atoms with Gasteiger partial charge < -0.3 is 16.0 Å². The number of rotatable bonds is 2. The molecular formula is C17H23N3O. The Balaban J connectivity index is 1.80. The topological polar surface area (TPSA) is 70.9 Å². The van der Waals surface area contributed by atoms with Crippen LogP contribution in [0.15, 0.2) is 24.3 Å². The number of nitrogens with one attached hydrogen (secondary N) is 2. The number of nitrogens with two attached hydrogens (primary N) is 1. The quantitative estimate of drug-likeness (QED) is 0.740. The normalized spacial score (nSPS) is 21.3. The van der Waals surface area contributed by atoms with Crippen molar-refractivity contribution in [2.45, 2.75) is 45.6 Å². The lowest BCUT2D eigenvalue weighted by atomic mass is 9.73. The van der Waals surface area contributed by atoms with Crippen LogP contribution in [0.4, 0.5) is 5.69 Å². The summed E-state index contributed by atoms with van der Waals surface area (Å²) in [5.41, 5.74) is 8.21. The van der Waals surface area contributed by atoms with Crippen molar-refractivity contribution >= 4 is 22.5 Å². The molecule has 112 valence electrons. The number of hydrogen-bond acceptors (Lipinski definition) is 2. The number of aromatic nitrogens is 1. The van der Waals surface area contributed by atoms with Gasteiger partial charge in [-0.05, 0) is 42.5 Å². The summed E-state index contributed by atoms with van der Waals surface area (Å²) in [5.74, 6) is -0.0234. The number of anilines is 1. The van der Waals surface area contributed by atoms with E-state index in [4.69, 9.17) is 5.73 Å². The summed E-state index contributed by atoms with van der Waals surface area (Å²) < 4.78 is 0. The third-order valence-corrected chi connectivity index (χ3v) is 4.70. The summed E-state index contributed by atoms with van der Waals surface area (Å²) in [6.07, 6.45) is 4.68. The van der Waals surface area contributed by atoms with Gasteiger partial charge in [-0.1, -0.05) is 26.7 Å². The van der Waals surface area contributed by atoms with E-state index >= 15 is 0 Å². The number of H-pyrrole nitrogens is 1. The Morgan fingerprint density at radius 1 is 1.33 bits per heavy atom. The second-order valence-electron chi connectivity index (χ2n) is 6.79. The highest BCUT2D eigenvalue weighted by Gasteiger charge is 2.33. The highest BCUT2D eigenvalue weighted by molar-refractivity contribution is 5.98. The molecule has 21 heavy (non-hydrogen) atoms. The van der Waals surface area contributed by atoms with E-state index in [9.17, 15) is 4.79 Å². The van der Waals surface area contributed by atoms with Gasteiger partial charge in [0.05, 0.1) is 0 Å². The summed E-state index contributed by atoms with van der Waals surface area (Å²) in [6.45, 7) is 4.48. The molecule has 1 unspecified atom stereocenters. The Labute approximate surface area is 125 Å². The predicted octanol–water partition coefficient (Wildman–Crippen LogP) is 3.45. The zero-order chi connectivity index (χ0) is 15.0. The first kappa shape index (κ1) is 14.0. The average molecular weight is 285 g/mol. The molecule has 1 aliphatic rings. The fourth-order valence-corrected chi connectivity index (χ4v) is 3.27. The lowest BCUT2D eigenvalue weighted by molar-refractivity contribution is 0.0849. The lowest BCUT2D eigenvalue weighted by Crippen LogP contribution is -2.46. The molecule has 1 heterocycles. The highest BCUT2D eigenvalue weighted by atomic mass is 16.1. The van der Waals surface area contributed by atoms with E-state index in [1.807, 2.05) is 24.3 Å². The number of fused-ring (bicyclic) bond motifs is 1. The number of benzene rings is 1. The molecule has 0 aliphatic heterocycles. The van der Waals surface area contributed by atoms with Gasteiger partial charge in [0.1, 0.15) is 5.69 Å². The average Bonchev–Trinajstić information content (AvgIpc) is 2.84. The monoisotopic (exact) mass is 285 g/mol. The van der Waals surface area contributed by atoms with E-state index in [2.05, 4.69) is 24.1 Å². The van der Waals surface area contributed by atoms with E-state index < -0.39 is 0 Å². The zero-order valence-corrected chi connectivity index (χ0v) is 12.7. The van der Waals surface area contributed by atoms with Crippen molar-refractivity contribution in [3.05, 3.63) is 30.0 Å². The van der Waals surface area contributed by atoms with Gasteiger partial charge in [-0.25, -0.2) is 0 Å². The van der Waals surface area contributed by atoms with Crippen molar-refractivity contribution in [3.8, 4) is 0 Å². The zero-order valence-electron chi connectivity index (χ0n) is 12.7. The molecular weight excluding hydrogens is 262 g/mol. The summed E-state index contributed by atoms with van der Waals surface area (Å²) in [6, 6.07) is 7.75. The fraction of sp³-hybridized carbons (Fsp3) is 0.471. The maximum absolute atomic E-state index is 12.5. The van der Waals surface area contributed by atoms with Crippen LogP contribution in [0.1, 0.15) is 50.0 Å². The maximum atomic E-state index is 12.5. The maximum Gasteiger partial charge on any atom is 0.267 e. The van der Waals surface area contributed by atoms with Crippen molar-refractivity contribution in [2.75, 3.05) is 5.73 Å². The molecule has 1 aliphatic carbocycles. The van der Waals surface area contributed by atoms with Gasteiger partial charge in [0.25, 0.3) is 5.91 Å². The predicted molar refractivity (Wildman–Crippen MR) is 86.2 cm³/mol. The molecule has 0 spiro atoms. The van der Waals surface area contributed by atoms with Crippen LogP contribution in [0.3, 0.4) is 0 Å². The van der Waals surface area contributed by atoms with Crippen molar-refractivity contribution in [2.24, 2.45) is 5.41 Å².